The van der Waals surface area contributed by atoms with Gasteiger partial charge in [0.05, 0.1) is 12.6 Å². The van der Waals surface area contributed by atoms with Crippen LogP contribution in [0.25, 0.3) is 0 Å². The maximum Gasteiger partial charge on any atom is 0.246 e. The van der Waals surface area contributed by atoms with Crippen LogP contribution in [0.15, 0.2) is 33.8 Å². The SMILES string of the molecule is Cc1noc(C)c1S(=O)(=O)N[C@@H]1CCOC[C@H]1Oc1ccccn1. The van der Waals surface area contributed by atoms with Gasteiger partial charge < -0.3 is 14.0 Å². The van der Waals surface area contributed by atoms with E-state index in [9.17, 15) is 8.42 Å². The Morgan fingerprint density at radius 1 is 1.33 bits per heavy atom. The van der Waals surface area contributed by atoms with Crippen molar-refractivity contribution in [3.63, 3.8) is 0 Å². The lowest BCUT2D eigenvalue weighted by Crippen LogP contribution is -2.51. The maximum absolute atomic E-state index is 12.7. The van der Waals surface area contributed by atoms with E-state index in [-0.39, 0.29) is 17.3 Å². The fourth-order valence-corrected chi connectivity index (χ4v) is 4.28. The van der Waals surface area contributed by atoms with Crippen molar-refractivity contribution >= 4 is 10.0 Å². The minimum atomic E-state index is -3.77. The summed E-state index contributed by atoms with van der Waals surface area (Å²) in [5, 5.41) is 3.70. The molecule has 1 aliphatic heterocycles. The largest absolute Gasteiger partial charge is 0.470 e. The molecular weight excluding hydrogens is 334 g/mol. The van der Waals surface area contributed by atoms with E-state index in [4.69, 9.17) is 14.0 Å². The third-order valence-electron chi connectivity index (χ3n) is 3.76. The molecule has 1 fully saturated rings. The first-order valence-electron chi connectivity index (χ1n) is 7.58. The summed E-state index contributed by atoms with van der Waals surface area (Å²) >= 11 is 0. The Balaban J connectivity index is 1.79. The summed E-state index contributed by atoms with van der Waals surface area (Å²) < 4.78 is 44.2. The average Bonchev–Trinajstić information content (AvgIpc) is 2.90. The summed E-state index contributed by atoms with van der Waals surface area (Å²) in [4.78, 5) is 4.18. The van der Waals surface area contributed by atoms with Gasteiger partial charge in [-0.2, -0.15) is 0 Å². The van der Waals surface area contributed by atoms with Crippen LogP contribution in [-0.4, -0.2) is 43.9 Å². The Kier molecular flexibility index (Phi) is 4.83. The number of sulfonamides is 1. The summed E-state index contributed by atoms with van der Waals surface area (Å²) in [6.45, 7) is 3.90. The first kappa shape index (κ1) is 16.9. The van der Waals surface area contributed by atoms with Crippen LogP contribution >= 0.6 is 0 Å². The van der Waals surface area contributed by atoms with Gasteiger partial charge in [0.15, 0.2) is 5.76 Å². The molecule has 2 aromatic rings. The van der Waals surface area contributed by atoms with Crippen LogP contribution in [0, 0.1) is 13.8 Å². The van der Waals surface area contributed by atoms with E-state index < -0.39 is 22.2 Å². The fourth-order valence-electron chi connectivity index (χ4n) is 2.65. The molecule has 8 nitrogen and oxygen atoms in total. The van der Waals surface area contributed by atoms with E-state index in [1.807, 2.05) is 0 Å². The Labute approximate surface area is 140 Å². The van der Waals surface area contributed by atoms with Gasteiger partial charge >= 0.3 is 0 Å². The number of ether oxygens (including phenoxy) is 2. The second-order valence-electron chi connectivity index (χ2n) is 5.57. The lowest BCUT2D eigenvalue weighted by atomic mass is 10.1. The summed E-state index contributed by atoms with van der Waals surface area (Å²) in [5.41, 5.74) is 0.328. The molecule has 0 unspecified atom stereocenters. The topological polar surface area (TPSA) is 104 Å². The standard InChI is InChI=1S/C15H19N3O5S/c1-10-15(11(2)23-17-10)24(19,20)18-12-6-8-21-9-13(12)22-14-5-3-4-7-16-14/h3-5,7,12-13,18H,6,8-9H2,1-2H3/t12-,13-/m1/s1. The predicted molar refractivity (Wildman–Crippen MR) is 84.2 cm³/mol. The molecule has 0 spiro atoms. The predicted octanol–water partition coefficient (Wildman–Crippen LogP) is 1.20. The lowest BCUT2D eigenvalue weighted by molar-refractivity contribution is -0.0111. The molecule has 2 atom stereocenters. The number of hydrogen-bond acceptors (Lipinski definition) is 7. The number of aryl methyl sites for hydroxylation is 2. The monoisotopic (exact) mass is 353 g/mol. The van der Waals surface area contributed by atoms with Gasteiger partial charge in [-0.3, -0.25) is 0 Å². The summed E-state index contributed by atoms with van der Waals surface area (Å²) in [6, 6.07) is 4.87. The Morgan fingerprint density at radius 3 is 2.83 bits per heavy atom. The third kappa shape index (κ3) is 3.58. The normalized spacial score (nSPS) is 21.6. The zero-order chi connectivity index (χ0) is 17.2. The number of aromatic nitrogens is 2. The van der Waals surface area contributed by atoms with Crippen molar-refractivity contribution in [2.24, 2.45) is 0 Å². The number of pyridine rings is 1. The summed E-state index contributed by atoms with van der Waals surface area (Å²) in [7, 11) is -3.77. The molecule has 1 aliphatic rings. The van der Waals surface area contributed by atoms with E-state index in [0.29, 0.717) is 24.6 Å². The highest BCUT2D eigenvalue weighted by atomic mass is 32.2. The molecule has 0 aromatic carbocycles. The Hall–Kier alpha value is -1.97. The molecule has 0 radical (unpaired) electrons. The van der Waals surface area contributed by atoms with Crippen molar-refractivity contribution in [2.45, 2.75) is 37.3 Å². The van der Waals surface area contributed by atoms with Crippen LogP contribution < -0.4 is 9.46 Å². The summed E-state index contributed by atoms with van der Waals surface area (Å²) in [6.07, 6.45) is 1.64. The van der Waals surface area contributed by atoms with Gasteiger partial charge in [0.25, 0.3) is 0 Å². The van der Waals surface area contributed by atoms with Crippen molar-refractivity contribution in [2.75, 3.05) is 13.2 Å². The van der Waals surface area contributed by atoms with E-state index in [0.717, 1.165) is 0 Å². The van der Waals surface area contributed by atoms with Gasteiger partial charge in [-0.05, 0) is 26.3 Å². The number of rotatable bonds is 5. The lowest BCUT2D eigenvalue weighted by Gasteiger charge is -2.31. The van der Waals surface area contributed by atoms with Crippen LogP contribution in [0.1, 0.15) is 17.9 Å². The van der Waals surface area contributed by atoms with Gasteiger partial charge in [-0.25, -0.2) is 18.1 Å². The maximum atomic E-state index is 12.7. The molecule has 0 saturated carbocycles. The number of hydrogen-bond donors (Lipinski definition) is 1. The van der Waals surface area contributed by atoms with Gasteiger partial charge in [0.1, 0.15) is 16.7 Å². The van der Waals surface area contributed by atoms with E-state index in [2.05, 4.69) is 14.9 Å². The van der Waals surface area contributed by atoms with E-state index in [1.165, 1.54) is 0 Å². The van der Waals surface area contributed by atoms with Crippen LogP contribution in [-0.2, 0) is 14.8 Å². The molecule has 130 valence electrons. The van der Waals surface area contributed by atoms with Crippen molar-refractivity contribution in [3.05, 3.63) is 35.9 Å². The highest BCUT2D eigenvalue weighted by Crippen LogP contribution is 2.22. The molecule has 0 aliphatic carbocycles. The van der Waals surface area contributed by atoms with Gasteiger partial charge in [0, 0.05) is 18.9 Å². The highest BCUT2D eigenvalue weighted by Gasteiger charge is 2.34. The quantitative estimate of drug-likeness (QED) is 0.861. The van der Waals surface area contributed by atoms with Gasteiger partial charge in [-0.15, -0.1) is 0 Å². The molecule has 24 heavy (non-hydrogen) atoms. The fraction of sp³-hybridized carbons (Fsp3) is 0.467. The zero-order valence-corrected chi connectivity index (χ0v) is 14.2. The minimum absolute atomic E-state index is 0.0746. The number of nitrogens with one attached hydrogen (secondary N) is 1. The van der Waals surface area contributed by atoms with Crippen molar-refractivity contribution < 1.29 is 22.4 Å². The zero-order valence-electron chi connectivity index (χ0n) is 13.4. The van der Waals surface area contributed by atoms with Crippen LogP contribution in [0.4, 0.5) is 0 Å². The van der Waals surface area contributed by atoms with E-state index in [1.54, 1.807) is 38.2 Å². The molecule has 3 rings (SSSR count). The van der Waals surface area contributed by atoms with Gasteiger partial charge in [0.2, 0.25) is 15.9 Å². The van der Waals surface area contributed by atoms with Crippen molar-refractivity contribution in [1.29, 1.82) is 0 Å². The second kappa shape index (κ2) is 6.88. The molecule has 1 saturated heterocycles. The first-order chi connectivity index (χ1) is 11.5. The molecule has 0 amide bonds. The Morgan fingerprint density at radius 2 is 2.17 bits per heavy atom. The third-order valence-corrected chi connectivity index (χ3v) is 5.49. The minimum Gasteiger partial charge on any atom is -0.470 e. The summed E-state index contributed by atoms with van der Waals surface area (Å²) in [5.74, 6) is 0.684. The number of nitrogens with zero attached hydrogens (tertiary/aromatic N) is 2. The smallest absolute Gasteiger partial charge is 0.246 e. The molecule has 9 heteroatoms. The molecular formula is C15H19N3O5S. The molecule has 0 bridgehead atoms. The molecule has 2 aromatic heterocycles. The molecule has 3 heterocycles. The van der Waals surface area contributed by atoms with Crippen molar-refractivity contribution in [3.8, 4) is 5.88 Å². The average molecular weight is 353 g/mol. The first-order valence-corrected chi connectivity index (χ1v) is 9.06. The second-order valence-corrected chi connectivity index (χ2v) is 7.22. The molecule has 1 N–H and O–H groups in total. The highest BCUT2D eigenvalue weighted by molar-refractivity contribution is 7.89. The van der Waals surface area contributed by atoms with Crippen LogP contribution in [0.3, 0.4) is 0 Å². The van der Waals surface area contributed by atoms with Crippen LogP contribution in [0.5, 0.6) is 5.88 Å². The van der Waals surface area contributed by atoms with Crippen LogP contribution in [0.2, 0.25) is 0 Å². The Bertz CT molecular complexity index is 771. The van der Waals surface area contributed by atoms with E-state index >= 15 is 0 Å². The van der Waals surface area contributed by atoms with Gasteiger partial charge in [-0.1, -0.05) is 11.2 Å². The van der Waals surface area contributed by atoms with Crippen molar-refractivity contribution in [1.82, 2.24) is 14.9 Å².